The predicted molar refractivity (Wildman–Crippen MR) is 83.6 cm³/mol. The van der Waals surface area contributed by atoms with Gasteiger partial charge < -0.3 is 15.0 Å². The molecule has 0 aliphatic rings. The maximum absolute atomic E-state index is 12.0. The lowest BCUT2D eigenvalue weighted by molar-refractivity contribution is -0.124. The van der Waals surface area contributed by atoms with E-state index in [1.54, 1.807) is 29.7 Å². The molecule has 0 saturated heterocycles. The second-order valence-electron chi connectivity index (χ2n) is 4.70. The van der Waals surface area contributed by atoms with Crippen LogP contribution in [0.3, 0.4) is 0 Å². The molecule has 0 saturated carbocycles. The van der Waals surface area contributed by atoms with E-state index in [0.717, 1.165) is 0 Å². The molecule has 0 aliphatic heterocycles. The number of carbonyl (C=O) groups is 1. The molecule has 1 aromatic heterocycles. The smallest absolute Gasteiger partial charge is 0.242 e. The average molecular weight is 327 g/mol. The minimum Gasteiger partial charge on any atom is -0.386 e. The van der Waals surface area contributed by atoms with E-state index in [1.165, 1.54) is 0 Å². The fourth-order valence-corrected chi connectivity index (χ4v) is 2.67. The summed E-state index contributed by atoms with van der Waals surface area (Å²) in [5, 5.41) is 13.6. The summed E-state index contributed by atoms with van der Waals surface area (Å²) in [7, 11) is 0. The Labute approximate surface area is 133 Å². The van der Waals surface area contributed by atoms with Crippen molar-refractivity contribution in [3.63, 3.8) is 0 Å². The molecule has 2 rings (SSSR count). The van der Waals surface area contributed by atoms with Crippen LogP contribution >= 0.6 is 23.2 Å². The standard InChI is InChI=1S/C15H16Cl2N2O2/c1-10(19-7-2-3-8-19)15(21)18-9-13(20)14-11(16)5-4-6-12(14)17/h2-8,10,13,20H,9H2,1H3,(H,18,21). The molecule has 6 heteroatoms. The molecule has 21 heavy (non-hydrogen) atoms. The summed E-state index contributed by atoms with van der Waals surface area (Å²) < 4.78 is 1.78. The molecule has 2 atom stereocenters. The third-order valence-corrected chi connectivity index (χ3v) is 3.92. The molecule has 2 N–H and O–H groups in total. The highest BCUT2D eigenvalue weighted by Gasteiger charge is 2.18. The van der Waals surface area contributed by atoms with Gasteiger partial charge in [0.25, 0.3) is 0 Å². The van der Waals surface area contributed by atoms with Crippen LogP contribution < -0.4 is 5.32 Å². The molecule has 4 nitrogen and oxygen atoms in total. The second-order valence-corrected chi connectivity index (χ2v) is 5.52. The topological polar surface area (TPSA) is 54.3 Å². The van der Waals surface area contributed by atoms with Gasteiger partial charge in [0.05, 0.1) is 6.10 Å². The minimum absolute atomic E-state index is 0.0495. The molecule has 1 amide bonds. The van der Waals surface area contributed by atoms with E-state index in [-0.39, 0.29) is 18.5 Å². The number of aromatic nitrogens is 1. The first-order valence-corrected chi connectivity index (χ1v) is 7.28. The highest BCUT2D eigenvalue weighted by atomic mass is 35.5. The molecule has 2 unspecified atom stereocenters. The van der Waals surface area contributed by atoms with Crippen LogP contribution in [-0.4, -0.2) is 22.1 Å². The maximum Gasteiger partial charge on any atom is 0.242 e. The molecule has 0 fully saturated rings. The summed E-state index contributed by atoms with van der Waals surface area (Å²) in [6.45, 7) is 1.83. The number of hydrogen-bond acceptors (Lipinski definition) is 2. The summed E-state index contributed by atoms with van der Waals surface area (Å²) in [5.41, 5.74) is 0.426. The Morgan fingerprint density at radius 2 is 1.81 bits per heavy atom. The van der Waals surface area contributed by atoms with Gasteiger partial charge in [-0.1, -0.05) is 29.3 Å². The average Bonchev–Trinajstić information content (AvgIpc) is 2.97. The molecule has 0 radical (unpaired) electrons. The number of hydrogen-bond donors (Lipinski definition) is 2. The lowest BCUT2D eigenvalue weighted by Crippen LogP contribution is -2.33. The molecular weight excluding hydrogens is 311 g/mol. The Balaban J connectivity index is 1.98. The molecule has 0 spiro atoms. The van der Waals surface area contributed by atoms with Gasteiger partial charge in [0.1, 0.15) is 6.04 Å². The number of aliphatic hydroxyl groups excluding tert-OH is 1. The zero-order valence-corrected chi connectivity index (χ0v) is 13.0. The van der Waals surface area contributed by atoms with Gasteiger partial charge in [0, 0.05) is 34.5 Å². The normalized spacial score (nSPS) is 13.7. The first-order valence-electron chi connectivity index (χ1n) is 6.53. The van der Waals surface area contributed by atoms with Gasteiger partial charge in [0.15, 0.2) is 0 Å². The number of benzene rings is 1. The van der Waals surface area contributed by atoms with Crippen LogP contribution in [0.5, 0.6) is 0 Å². The first-order chi connectivity index (χ1) is 10.0. The van der Waals surface area contributed by atoms with Crippen molar-refractivity contribution in [1.82, 2.24) is 9.88 Å². The number of nitrogens with zero attached hydrogens (tertiary/aromatic N) is 1. The number of rotatable bonds is 5. The van der Waals surface area contributed by atoms with Gasteiger partial charge in [0.2, 0.25) is 5.91 Å². The number of aliphatic hydroxyl groups is 1. The van der Waals surface area contributed by atoms with E-state index in [1.807, 2.05) is 24.5 Å². The van der Waals surface area contributed by atoms with Gasteiger partial charge in [-0.3, -0.25) is 4.79 Å². The van der Waals surface area contributed by atoms with Crippen LogP contribution in [0, 0.1) is 0 Å². The highest BCUT2D eigenvalue weighted by Crippen LogP contribution is 2.29. The van der Waals surface area contributed by atoms with Crippen molar-refractivity contribution in [2.45, 2.75) is 19.1 Å². The predicted octanol–water partition coefficient (Wildman–Crippen LogP) is 3.21. The highest BCUT2D eigenvalue weighted by molar-refractivity contribution is 6.36. The Morgan fingerprint density at radius 1 is 1.24 bits per heavy atom. The van der Waals surface area contributed by atoms with E-state index in [2.05, 4.69) is 5.32 Å². The van der Waals surface area contributed by atoms with Crippen molar-refractivity contribution < 1.29 is 9.90 Å². The van der Waals surface area contributed by atoms with Crippen LogP contribution in [0.1, 0.15) is 24.6 Å². The van der Waals surface area contributed by atoms with Crippen LogP contribution in [0.15, 0.2) is 42.7 Å². The largest absolute Gasteiger partial charge is 0.386 e. The van der Waals surface area contributed by atoms with Gasteiger partial charge in [-0.2, -0.15) is 0 Å². The monoisotopic (exact) mass is 326 g/mol. The SMILES string of the molecule is CC(C(=O)NCC(O)c1c(Cl)cccc1Cl)n1cccc1. The molecule has 1 heterocycles. The third kappa shape index (κ3) is 3.79. The van der Waals surface area contributed by atoms with Crippen molar-refractivity contribution in [3.8, 4) is 0 Å². The quantitative estimate of drug-likeness (QED) is 0.886. The fourth-order valence-electron chi connectivity index (χ4n) is 2.02. The zero-order chi connectivity index (χ0) is 15.4. The number of nitrogens with one attached hydrogen (secondary N) is 1. The molecule has 2 aromatic rings. The van der Waals surface area contributed by atoms with Crippen LogP contribution in [0.4, 0.5) is 0 Å². The Kier molecular flexibility index (Phi) is 5.28. The summed E-state index contributed by atoms with van der Waals surface area (Å²) >= 11 is 12.0. The summed E-state index contributed by atoms with van der Waals surface area (Å²) in [5.74, 6) is -0.187. The first kappa shape index (κ1) is 15.9. The van der Waals surface area contributed by atoms with Crippen molar-refractivity contribution in [3.05, 3.63) is 58.3 Å². The second kappa shape index (κ2) is 6.98. The summed E-state index contributed by atoms with van der Waals surface area (Å²) in [6, 6.07) is 8.35. The van der Waals surface area contributed by atoms with Crippen LogP contribution in [0.25, 0.3) is 0 Å². The molecular formula is C15H16Cl2N2O2. The van der Waals surface area contributed by atoms with E-state index in [0.29, 0.717) is 15.6 Å². The number of carbonyl (C=O) groups excluding carboxylic acids is 1. The van der Waals surface area contributed by atoms with Gasteiger partial charge in [-0.15, -0.1) is 0 Å². The fraction of sp³-hybridized carbons (Fsp3) is 0.267. The summed E-state index contributed by atoms with van der Waals surface area (Å²) in [6.07, 6.45) is 2.67. The summed E-state index contributed by atoms with van der Waals surface area (Å²) in [4.78, 5) is 12.0. The molecule has 1 aromatic carbocycles. The number of amides is 1. The minimum atomic E-state index is -0.952. The molecule has 0 bridgehead atoms. The lowest BCUT2D eigenvalue weighted by atomic mass is 10.1. The van der Waals surface area contributed by atoms with E-state index in [4.69, 9.17) is 23.2 Å². The van der Waals surface area contributed by atoms with Crippen LogP contribution in [0.2, 0.25) is 10.0 Å². The third-order valence-electron chi connectivity index (χ3n) is 3.26. The molecule has 112 valence electrons. The zero-order valence-electron chi connectivity index (χ0n) is 11.5. The van der Waals surface area contributed by atoms with Crippen molar-refractivity contribution in [2.75, 3.05) is 6.54 Å². The Hall–Kier alpha value is -1.49. The van der Waals surface area contributed by atoms with Crippen LogP contribution in [-0.2, 0) is 4.79 Å². The van der Waals surface area contributed by atoms with E-state index >= 15 is 0 Å². The van der Waals surface area contributed by atoms with Gasteiger partial charge in [-0.25, -0.2) is 0 Å². The Bertz CT molecular complexity index is 594. The van der Waals surface area contributed by atoms with Gasteiger partial charge >= 0.3 is 0 Å². The molecule has 0 aliphatic carbocycles. The van der Waals surface area contributed by atoms with E-state index in [9.17, 15) is 9.90 Å². The van der Waals surface area contributed by atoms with Crippen molar-refractivity contribution in [1.29, 1.82) is 0 Å². The lowest BCUT2D eigenvalue weighted by Gasteiger charge is -2.18. The van der Waals surface area contributed by atoms with Crippen molar-refractivity contribution >= 4 is 29.1 Å². The number of halogens is 2. The Morgan fingerprint density at radius 3 is 2.38 bits per heavy atom. The van der Waals surface area contributed by atoms with Crippen molar-refractivity contribution in [2.24, 2.45) is 0 Å². The van der Waals surface area contributed by atoms with Gasteiger partial charge in [-0.05, 0) is 31.2 Å². The maximum atomic E-state index is 12.0. The van der Waals surface area contributed by atoms with E-state index < -0.39 is 6.10 Å².